The van der Waals surface area contributed by atoms with Crippen molar-refractivity contribution in [3.05, 3.63) is 89.7 Å². The summed E-state index contributed by atoms with van der Waals surface area (Å²) in [5.41, 5.74) is 2.74. The molecule has 5 nitrogen and oxygen atoms in total. The Morgan fingerprint density at radius 2 is 1.32 bits per heavy atom. The lowest BCUT2D eigenvalue weighted by molar-refractivity contribution is -0.697. The lowest BCUT2D eigenvalue weighted by Gasteiger charge is -2.25. The molecule has 0 bridgehead atoms. The highest BCUT2D eigenvalue weighted by Gasteiger charge is 2.20. The van der Waals surface area contributed by atoms with Gasteiger partial charge >= 0.3 is 0 Å². The summed E-state index contributed by atoms with van der Waals surface area (Å²) in [6.45, 7) is 7.02. The molecular formula is C38H55IN2O3. The lowest BCUT2D eigenvalue weighted by atomic mass is 10.1. The van der Waals surface area contributed by atoms with Crippen molar-refractivity contribution in [1.82, 2.24) is 4.90 Å². The Morgan fingerprint density at radius 1 is 0.705 bits per heavy atom. The highest BCUT2D eigenvalue weighted by molar-refractivity contribution is 5.94. The number of hydrogen-bond acceptors (Lipinski definition) is 3. The number of carbonyl (C=O) groups is 1. The van der Waals surface area contributed by atoms with Crippen molar-refractivity contribution in [3.8, 4) is 11.5 Å². The minimum absolute atomic E-state index is 0. The Morgan fingerprint density at radius 3 is 1.91 bits per heavy atom. The quantitative estimate of drug-likeness (QED) is 0.0696. The first kappa shape index (κ1) is 37.6. The number of aryl methyl sites for hydroxylation is 1. The van der Waals surface area contributed by atoms with Crippen LogP contribution in [0.15, 0.2) is 73.1 Å². The van der Waals surface area contributed by atoms with Gasteiger partial charge in [-0.15, -0.1) is 0 Å². The minimum atomic E-state index is 0. The maximum Gasteiger partial charge on any atom is 0.254 e. The van der Waals surface area contributed by atoms with E-state index in [0.717, 1.165) is 36.3 Å². The van der Waals surface area contributed by atoms with E-state index >= 15 is 0 Å². The molecule has 2 aromatic carbocycles. The molecule has 1 aromatic heterocycles. The van der Waals surface area contributed by atoms with Crippen LogP contribution >= 0.6 is 0 Å². The van der Waals surface area contributed by atoms with Crippen molar-refractivity contribution in [2.24, 2.45) is 0 Å². The van der Waals surface area contributed by atoms with Crippen molar-refractivity contribution < 1.29 is 42.8 Å². The van der Waals surface area contributed by atoms with Crippen molar-refractivity contribution in [2.45, 2.75) is 117 Å². The highest BCUT2D eigenvalue weighted by atomic mass is 127. The summed E-state index contributed by atoms with van der Waals surface area (Å²) in [7, 11) is 1.68. The van der Waals surface area contributed by atoms with Crippen molar-refractivity contribution in [2.75, 3.05) is 13.7 Å². The van der Waals surface area contributed by atoms with Gasteiger partial charge in [-0.25, -0.2) is 4.57 Å². The summed E-state index contributed by atoms with van der Waals surface area (Å²) in [4.78, 5) is 15.6. The first-order chi connectivity index (χ1) is 21.2. The summed E-state index contributed by atoms with van der Waals surface area (Å²) in [6.07, 6.45) is 21.0. The fraction of sp³-hybridized carbons (Fsp3) is 0.526. The number of methoxy groups -OCH3 is 1. The summed E-state index contributed by atoms with van der Waals surface area (Å²) in [5, 5.41) is 0. The second-order valence-electron chi connectivity index (χ2n) is 11.7. The molecule has 6 heteroatoms. The van der Waals surface area contributed by atoms with E-state index in [-0.39, 0.29) is 29.9 Å². The third kappa shape index (κ3) is 13.6. The van der Waals surface area contributed by atoms with Gasteiger partial charge in [-0.3, -0.25) is 4.79 Å². The smallest absolute Gasteiger partial charge is 0.254 e. The van der Waals surface area contributed by atoms with Crippen LogP contribution in [0.3, 0.4) is 0 Å². The third-order valence-corrected chi connectivity index (χ3v) is 8.01. The maximum absolute atomic E-state index is 13.7. The molecule has 0 N–H and O–H groups in total. The van der Waals surface area contributed by atoms with E-state index in [2.05, 4.69) is 42.9 Å². The van der Waals surface area contributed by atoms with Gasteiger partial charge in [0.05, 0.1) is 20.3 Å². The van der Waals surface area contributed by atoms with E-state index in [1.165, 1.54) is 70.6 Å². The van der Waals surface area contributed by atoms with Crippen LogP contribution < -0.4 is 38.0 Å². The third-order valence-electron chi connectivity index (χ3n) is 8.01. The van der Waals surface area contributed by atoms with Gasteiger partial charge in [0.2, 0.25) is 0 Å². The normalized spacial score (nSPS) is 10.7. The van der Waals surface area contributed by atoms with Gasteiger partial charge in [-0.05, 0) is 30.2 Å². The van der Waals surface area contributed by atoms with E-state index in [4.69, 9.17) is 9.47 Å². The number of rotatable bonds is 22. The van der Waals surface area contributed by atoms with E-state index in [1.54, 1.807) is 7.11 Å². The first-order valence-corrected chi connectivity index (χ1v) is 16.8. The number of ether oxygens (including phenoxy) is 2. The number of nitrogens with zero attached hydrogens (tertiary/aromatic N) is 2. The molecule has 0 saturated heterocycles. The highest BCUT2D eigenvalue weighted by Crippen LogP contribution is 2.33. The molecule has 3 aromatic rings. The van der Waals surface area contributed by atoms with E-state index in [9.17, 15) is 4.79 Å². The van der Waals surface area contributed by atoms with Crippen molar-refractivity contribution in [3.63, 3.8) is 0 Å². The largest absolute Gasteiger partial charge is 1.00 e. The van der Waals surface area contributed by atoms with Crippen molar-refractivity contribution in [1.29, 1.82) is 0 Å². The van der Waals surface area contributed by atoms with Gasteiger partial charge in [-0.1, -0.05) is 115 Å². The molecule has 0 radical (unpaired) electrons. The summed E-state index contributed by atoms with van der Waals surface area (Å²) in [6, 6.07) is 19.7. The zero-order chi connectivity index (χ0) is 30.5. The molecule has 242 valence electrons. The Labute approximate surface area is 284 Å². The molecule has 0 spiro atoms. The predicted octanol–water partition coefficient (Wildman–Crippen LogP) is 6.32. The summed E-state index contributed by atoms with van der Waals surface area (Å²) in [5.74, 6) is 1.46. The maximum atomic E-state index is 13.7. The van der Waals surface area contributed by atoms with E-state index in [0.29, 0.717) is 31.0 Å². The Hall–Kier alpha value is -2.61. The zero-order valence-electron chi connectivity index (χ0n) is 27.4. The number of benzene rings is 2. The number of pyridine rings is 1. The summed E-state index contributed by atoms with van der Waals surface area (Å²) < 4.78 is 14.2. The van der Waals surface area contributed by atoms with Crippen LogP contribution in [0.25, 0.3) is 0 Å². The molecule has 0 fully saturated rings. The molecule has 0 unspecified atom stereocenters. The SMILES string of the molecule is CCCCCCCCCCCCCCOc1c(CN(Cc2cc[n+](CCC)cc2)C(=O)c2ccccc2)cccc1OC.[I-]. The molecular weight excluding hydrogens is 659 g/mol. The van der Waals surface area contributed by atoms with E-state index in [1.807, 2.05) is 53.4 Å². The van der Waals surface area contributed by atoms with E-state index < -0.39 is 0 Å². The minimum Gasteiger partial charge on any atom is -1.00 e. The average Bonchev–Trinajstić information content (AvgIpc) is 3.04. The molecule has 1 amide bonds. The summed E-state index contributed by atoms with van der Waals surface area (Å²) >= 11 is 0. The van der Waals surface area contributed by atoms with Crippen LogP contribution in [0.4, 0.5) is 0 Å². The molecule has 0 atom stereocenters. The van der Waals surface area contributed by atoms with Gasteiger partial charge in [0.25, 0.3) is 5.91 Å². The van der Waals surface area contributed by atoms with Crippen LogP contribution in [0, 0.1) is 0 Å². The number of amides is 1. The van der Waals surface area contributed by atoms with Gasteiger partial charge in [0.1, 0.15) is 6.54 Å². The Bertz CT molecular complexity index is 1170. The molecule has 44 heavy (non-hydrogen) atoms. The second kappa shape index (κ2) is 22.8. The van der Waals surface area contributed by atoms with Gasteiger partial charge < -0.3 is 38.4 Å². The van der Waals surface area contributed by atoms with Gasteiger partial charge in [0.15, 0.2) is 23.9 Å². The number of halogens is 1. The van der Waals surface area contributed by atoms with Crippen LogP contribution in [-0.4, -0.2) is 24.5 Å². The number of unbranched alkanes of at least 4 members (excludes halogenated alkanes) is 11. The molecule has 0 aliphatic carbocycles. The first-order valence-electron chi connectivity index (χ1n) is 16.8. The standard InChI is InChI=1S/C38H55N2O3.HI/c1-4-6-7-8-9-10-11-12-13-14-15-19-30-43-37-35(23-20-24-36(37)42-3)32-40(38(41)34-21-17-16-18-22-34)31-33-25-28-39(27-5-2)29-26-33;/h16-18,20-26,28-29H,4-15,19,27,30-32H2,1-3H3;1H/q+1;/p-1. The van der Waals surface area contributed by atoms with Gasteiger partial charge in [-0.2, -0.15) is 0 Å². The Kier molecular flexibility index (Phi) is 19.5. The monoisotopic (exact) mass is 714 g/mol. The average molecular weight is 715 g/mol. The predicted molar refractivity (Wildman–Crippen MR) is 177 cm³/mol. The van der Waals surface area contributed by atoms with Crippen molar-refractivity contribution >= 4 is 5.91 Å². The topological polar surface area (TPSA) is 42.7 Å². The van der Waals surface area contributed by atoms with Crippen LogP contribution in [0.2, 0.25) is 0 Å². The van der Waals surface area contributed by atoms with Crippen LogP contribution in [-0.2, 0) is 19.6 Å². The Balaban J connectivity index is 0.00000675. The lowest BCUT2D eigenvalue weighted by Crippen LogP contribution is -3.00. The van der Waals surface area contributed by atoms with Gasteiger partial charge in [0, 0.05) is 36.2 Å². The molecule has 0 aliphatic heterocycles. The number of hydrogen-bond donors (Lipinski definition) is 0. The molecule has 3 rings (SSSR count). The molecule has 0 saturated carbocycles. The number of para-hydroxylation sites is 1. The molecule has 1 heterocycles. The fourth-order valence-corrected chi connectivity index (χ4v) is 5.52. The number of aromatic nitrogens is 1. The van der Waals surface area contributed by atoms with Crippen LogP contribution in [0.1, 0.15) is 119 Å². The zero-order valence-corrected chi connectivity index (χ0v) is 29.6. The number of carbonyl (C=O) groups excluding carboxylic acids is 1. The van der Waals surface area contributed by atoms with Crippen LogP contribution in [0.5, 0.6) is 11.5 Å². The molecule has 0 aliphatic rings. The fourth-order valence-electron chi connectivity index (χ4n) is 5.52. The second-order valence-corrected chi connectivity index (χ2v) is 11.7.